The molecule has 68 valence electrons. The van der Waals surface area contributed by atoms with Gasteiger partial charge < -0.3 is 16.3 Å². The SMILES string of the molecule is N/C(CC(=O)NC1CCC1)=N\O. The Morgan fingerprint density at radius 3 is 2.75 bits per heavy atom. The molecule has 4 N–H and O–H groups in total. The first-order valence-corrected chi connectivity index (χ1v) is 3.98. The van der Waals surface area contributed by atoms with E-state index in [2.05, 4.69) is 10.5 Å². The van der Waals surface area contributed by atoms with Crippen LogP contribution in [0, 0.1) is 0 Å². The number of nitrogens with zero attached hydrogens (tertiary/aromatic N) is 1. The summed E-state index contributed by atoms with van der Waals surface area (Å²) in [4.78, 5) is 11.0. The molecule has 0 bridgehead atoms. The molecule has 0 aliphatic heterocycles. The van der Waals surface area contributed by atoms with Crippen LogP contribution in [0.25, 0.3) is 0 Å². The Kier molecular flexibility index (Phi) is 2.90. The monoisotopic (exact) mass is 171 g/mol. The van der Waals surface area contributed by atoms with E-state index in [4.69, 9.17) is 10.9 Å². The fourth-order valence-corrected chi connectivity index (χ4v) is 1.03. The van der Waals surface area contributed by atoms with Crippen LogP contribution in [0.5, 0.6) is 0 Å². The number of carbonyl (C=O) groups excluding carboxylic acids is 1. The molecule has 0 aromatic heterocycles. The van der Waals surface area contributed by atoms with Crippen molar-refractivity contribution in [3.8, 4) is 0 Å². The van der Waals surface area contributed by atoms with Gasteiger partial charge in [0, 0.05) is 6.04 Å². The van der Waals surface area contributed by atoms with Crippen molar-refractivity contribution in [2.75, 3.05) is 0 Å². The molecule has 0 atom stereocenters. The van der Waals surface area contributed by atoms with Crippen molar-refractivity contribution in [1.82, 2.24) is 5.32 Å². The Hall–Kier alpha value is -1.26. The maximum atomic E-state index is 11.0. The van der Waals surface area contributed by atoms with Gasteiger partial charge in [0.1, 0.15) is 5.84 Å². The molecule has 5 heteroatoms. The van der Waals surface area contributed by atoms with E-state index in [0.29, 0.717) is 6.04 Å². The highest BCUT2D eigenvalue weighted by atomic mass is 16.4. The first kappa shape index (κ1) is 8.83. The molecule has 1 aliphatic carbocycles. The molecule has 0 aromatic rings. The molecule has 0 heterocycles. The van der Waals surface area contributed by atoms with Crippen LogP contribution < -0.4 is 11.1 Å². The van der Waals surface area contributed by atoms with Gasteiger partial charge in [-0.15, -0.1) is 0 Å². The van der Waals surface area contributed by atoms with Gasteiger partial charge in [-0.1, -0.05) is 5.16 Å². The van der Waals surface area contributed by atoms with E-state index >= 15 is 0 Å². The molecule has 1 aliphatic rings. The maximum Gasteiger partial charge on any atom is 0.227 e. The highest BCUT2D eigenvalue weighted by molar-refractivity contribution is 5.98. The standard InChI is InChI=1S/C7H13N3O2/c8-6(10-12)4-7(11)9-5-2-1-3-5/h5,12H,1-4H2,(H2,8,10)(H,9,11). The van der Waals surface area contributed by atoms with E-state index in [1.54, 1.807) is 0 Å². The Balaban J connectivity index is 2.19. The number of oxime groups is 1. The lowest BCUT2D eigenvalue weighted by molar-refractivity contribution is -0.121. The minimum Gasteiger partial charge on any atom is -0.409 e. The number of carbonyl (C=O) groups is 1. The third-order valence-electron chi connectivity index (χ3n) is 1.94. The molecule has 1 rings (SSSR count). The van der Waals surface area contributed by atoms with Crippen molar-refractivity contribution in [3.05, 3.63) is 0 Å². The van der Waals surface area contributed by atoms with Crippen LogP contribution in [0.1, 0.15) is 25.7 Å². The maximum absolute atomic E-state index is 11.0. The summed E-state index contributed by atoms with van der Waals surface area (Å²) in [5.74, 6) is -0.221. The van der Waals surface area contributed by atoms with Crippen LogP contribution in [-0.4, -0.2) is 23.0 Å². The lowest BCUT2D eigenvalue weighted by atomic mass is 9.93. The molecule has 12 heavy (non-hydrogen) atoms. The zero-order valence-corrected chi connectivity index (χ0v) is 6.79. The molecule has 0 saturated heterocycles. The first-order chi connectivity index (χ1) is 5.72. The van der Waals surface area contributed by atoms with E-state index in [1.807, 2.05) is 0 Å². The van der Waals surface area contributed by atoms with Gasteiger partial charge in [-0.2, -0.15) is 0 Å². The lowest BCUT2D eigenvalue weighted by Crippen LogP contribution is -2.40. The molecule has 5 nitrogen and oxygen atoms in total. The normalized spacial score (nSPS) is 18.5. The number of amidine groups is 1. The van der Waals surface area contributed by atoms with Crippen molar-refractivity contribution in [2.24, 2.45) is 10.9 Å². The largest absolute Gasteiger partial charge is 0.409 e. The summed E-state index contributed by atoms with van der Waals surface area (Å²) in [6, 6.07) is 0.309. The van der Waals surface area contributed by atoms with Crippen molar-refractivity contribution < 1.29 is 10.0 Å². The summed E-state index contributed by atoms with van der Waals surface area (Å²) >= 11 is 0. The summed E-state index contributed by atoms with van der Waals surface area (Å²) in [5, 5.41) is 13.7. The molecule has 1 fully saturated rings. The van der Waals surface area contributed by atoms with E-state index in [1.165, 1.54) is 6.42 Å². The zero-order chi connectivity index (χ0) is 8.97. The van der Waals surface area contributed by atoms with E-state index in [-0.39, 0.29) is 18.2 Å². The molecule has 0 radical (unpaired) electrons. The van der Waals surface area contributed by atoms with Crippen LogP contribution in [0.2, 0.25) is 0 Å². The van der Waals surface area contributed by atoms with Crippen LogP contribution in [0.4, 0.5) is 0 Å². The van der Waals surface area contributed by atoms with Gasteiger partial charge >= 0.3 is 0 Å². The second kappa shape index (κ2) is 3.94. The first-order valence-electron chi connectivity index (χ1n) is 3.98. The van der Waals surface area contributed by atoms with Gasteiger partial charge in [-0.05, 0) is 19.3 Å². The quantitative estimate of drug-likeness (QED) is 0.237. The highest BCUT2D eigenvalue weighted by Crippen LogP contribution is 2.17. The second-order valence-electron chi connectivity index (χ2n) is 2.96. The highest BCUT2D eigenvalue weighted by Gasteiger charge is 2.19. The number of nitrogens with one attached hydrogen (secondary N) is 1. The lowest BCUT2D eigenvalue weighted by Gasteiger charge is -2.26. The summed E-state index contributed by atoms with van der Waals surface area (Å²) in [6.45, 7) is 0. The van der Waals surface area contributed by atoms with Crippen molar-refractivity contribution in [2.45, 2.75) is 31.7 Å². The van der Waals surface area contributed by atoms with Crippen LogP contribution >= 0.6 is 0 Å². The van der Waals surface area contributed by atoms with E-state index in [9.17, 15) is 4.79 Å². The van der Waals surface area contributed by atoms with Gasteiger partial charge in [0.15, 0.2) is 0 Å². The fraction of sp³-hybridized carbons (Fsp3) is 0.714. The van der Waals surface area contributed by atoms with Crippen LogP contribution in [0.15, 0.2) is 5.16 Å². The van der Waals surface area contributed by atoms with Crippen LogP contribution in [-0.2, 0) is 4.79 Å². The molecule has 1 saturated carbocycles. The number of hydrogen-bond acceptors (Lipinski definition) is 3. The van der Waals surface area contributed by atoms with Crippen LogP contribution in [0.3, 0.4) is 0 Å². The van der Waals surface area contributed by atoms with Crippen molar-refractivity contribution in [1.29, 1.82) is 0 Å². The van der Waals surface area contributed by atoms with E-state index < -0.39 is 0 Å². The molecular formula is C7H13N3O2. The Morgan fingerprint density at radius 1 is 1.67 bits per heavy atom. The third-order valence-corrected chi connectivity index (χ3v) is 1.94. The van der Waals surface area contributed by atoms with Gasteiger partial charge in [0.05, 0.1) is 6.42 Å². The Labute approximate surface area is 70.6 Å². The minimum atomic E-state index is -0.171. The minimum absolute atomic E-state index is 0.0208. The molecule has 0 spiro atoms. The molecule has 0 aromatic carbocycles. The predicted octanol–water partition coefficient (Wildman–Crippen LogP) is -0.208. The van der Waals surface area contributed by atoms with Crippen molar-refractivity contribution in [3.63, 3.8) is 0 Å². The summed E-state index contributed by atoms with van der Waals surface area (Å²) in [6.07, 6.45) is 3.24. The average molecular weight is 171 g/mol. The molecular weight excluding hydrogens is 158 g/mol. The third kappa shape index (κ3) is 2.41. The van der Waals surface area contributed by atoms with Gasteiger partial charge in [-0.3, -0.25) is 4.79 Å². The molecule has 1 amide bonds. The Morgan fingerprint density at radius 2 is 2.33 bits per heavy atom. The van der Waals surface area contributed by atoms with Gasteiger partial charge in [0.2, 0.25) is 5.91 Å². The smallest absolute Gasteiger partial charge is 0.227 e. The fourth-order valence-electron chi connectivity index (χ4n) is 1.03. The summed E-state index contributed by atoms with van der Waals surface area (Å²) in [5.41, 5.74) is 5.15. The zero-order valence-electron chi connectivity index (χ0n) is 6.79. The number of nitrogens with two attached hydrogens (primary N) is 1. The van der Waals surface area contributed by atoms with Gasteiger partial charge in [-0.25, -0.2) is 0 Å². The average Bonchev–Trinajstić information content (AvgIpc) is 1.97. The van der Waals surface area contributed by atoms with E-state index in [0.717, 1.165) is 12.8 Å². The number of rotatable bonds is 3. The summed E-state index contributed by atoms with van der Waals surface area (Å²) < 4.78 is 0. The summed E-state index contributed by atoms with van der Waals surface area (Å²) in [7, 11) is 0. The predicted molar refractivity (Wildman–Crippen MR) is 43.8 cm³/mol. The number of amides is 1. The Bertz CT molecular complexity index is 199. The second-order valence-corrected chi connectivity index (χ2v) is 2.96. The van der Waals surface area contributed by atoms with Gasteiger partial charge in [0.25, 0.3) is 0 Å². The number of hydrogen-bond donors (Lipinski definition) is 3. The molecule has 0 unspecified atom stereocenters. The topological polar surface area (TPSA) is 87.7 Å². The van der Waals surface area contributed by atoms with Crippen molar-refractivity contribution >= 4 is 11.7 Å².